The summed E-state index contributed by atoms with van der Waals surface area (Å²) < 4.78 is 5.16. The molecule has 0 fully saturated rings. The van der Waals surface area contributed by atoms with Crippen LogP contribution in [-0.2, 0) is 4.79 Å². The van der Waals surface area contributed by atoms with E-state index in [4.69, 9.17) is 10.5 Å². The molecule has 1 amide bonds. The average molecular weight is 349 g/mol. The maximum absolute atomic E-state index is 12.3. The maximum Gasteiger partial charge on any atom is 0.222 e. The molecule has 0 aliphatic carbocycles. The van der Waals surface area contributed by atoms with Crippen LogP contribution in [-0.4, -0.2) is 13.0 Å². The van der Waals surface area contributed by atoms with E-state index in [1.165, 1.54) is 0 Å². The predicted molar refractivity (Wildman–Crippen MR) is 99.4 cm³/mol. The van der Waals surface area contributed by atoms with E-state index in [0.29, 0.717) is 0 Å². The predicted octanol–water partition coefficient (Wildman–Crippen LogP) is 3.77. The van der Waals surface area contributed by atoms with E-state index in [2.05, 4.69) is 5.32 Å². The molecule has 0 saturated carbocycles. The van der Waals surface area contributed by atoms with E-state index in [1.807, 2.05) is 61.5 Å². The number of nitrogens with one attached hydrogen (secondary N) is 1. The van der Waals surface area contributed by atoms with Gasteiger partial charge in [0.25, 0.3) is 0 Å². The highest BCUT2D eigenvalue weighted by Gasteiger charge is 2.16. The van der Waals surface area contributed by atoms with E-state index in [1.54, 1.807) is 7.11 Å². The summed E-state index contributed by atoms with van der Waals surface area (Å²) in [6, 6.07) is 17.1. The SMILES string of the molecule is CCC(NC(=O)CC(N)c1ccccc1)c1ccc(OC)cc1.Cl. The molecule has 2 atom stereocenters. The zero-order chi connectivity index (χ0) is 16.7. The number of carbonyl (C=O) groups excluding carboxylic acids is 1. The molecule has 3 N–H and O–H groups in total. The van der Waals surface area contributed by atoms with Crippen LogP contribution in [0.25, 0.3) is 0 Å². The molecule has 0 aliphatic heterocycles. The summed E-state index contributed by atoms with van der Waals surface area (Å²) >= 11 is 0. The molecule has 5 heteroatoms. The maximum atomic E-state index is 12.3. The first-order chi connectivity index (χ1) is 11.1. The Kier molecular flexibility index (Phi) is 8.30. The van der Waals surface area contributed by atoms with Crippen LogP contribution in [0, 0.1) is 0 Å². The minimum atomic E-state index is -0.287. The van der Waals surface area contributed by atoms with Crippen LogP contribution < -0.4 is 15.8 Å². The Morgan fingerprint density at radius 3 is 2.25 bits per heavy atom. The summed E-state index contributed by atoms with van der Waals surface area (Å²) in [6.45, 7) is 2.05. The molecule has 4 nitrogen and oxygen atoms in total. The van der Waals surface area contributed by atoms with Crippen molar-refractivity contribution >= 4 is 18.3 Å². The number of amides is 1. The first-order valence-corrected chi connectivity index (χ1v) is 7.88. The monoisotopic (exact) mass is 348 g/mol. The summed E-state index contributed by atoms with van der Waals surface area (Å²) in [4.78, 5) is 12.3. The smallest absolute Gasteiger partial charge is 0.222 e. The van der Waals surface area contributed by atoms with Crippen molar-refractivity contribution in [3.63, 3.8) is 0 Å². The lowest BCUT2D eigenvalue weighted by Crippen LogP contribution is -2.30. The molecule has 0 saturated heterocycles. The first kappa shape index (κ1) is 20.0. The molecular weight excluding hydrogens is 324 g/mol. The van der Waals surface area contributed by atoms with Crippen molar-refractivity contribution in [2.45, 2.75) is 31.8 Å². The fourth-order valence-corrected chi connectivity index (χ4v) is 2.53. The third-order valence-corrected chi connectivity index (χ3v) is 3.89. The van der Waals surface area contributed by atoms with Gasteiger partial charge in [-0.25, -0.2) is 0 Å². The van der Waals surface area contributed by atoms with Gasteiger partial charge in [-0.2, -0.15) is 0 Å². The second-order valence-corrected chi connectivity index (χ2v) is 5.52. The molecule has 0 spiro atoms. The topological polar surface area (TPSA) is 64.4 Å². The van der Waals surface area contributed by atoms with Gasteiger partial charge in [0.2, 0.25) is 5.91 Å². The van der Waals surface area contributed by atoms with Crippen molar-refractivity contribution in [2.75, 3.05) is 7.11 Å². The van der Waals surface area contributed by atoms with Gasteiger partial charge in [0.05, 0.1) is 13.2 Å². The molecule has 2 unspecified atom stereocenters. The lowest BCUT2D eigenvalue weighted by Gasteiger charge is -2.19. The largest absolute Gasteiger partial charge is 0.497 e. The summed E-state index contributed by atoms with van der Waals surface area (Å²) in [5.74, 6) is 0.769. The van der Waals surface area contributed by atoms with Crippen LogP contribution in [0.5, 0.6) is 5.75 Å². The summed E-state index contributed by atoms with van der Waals surface area (Å²) in [7, 11) is 1.64. The van der Waals surface area contributed by atoms with Gasteiger partial charge in [0.1, 0.15) is 5.75 Å². The normalized spacial score (nSPS) is 12.6. The van der Waals surface area contributed by atoms with Crippen molar-refractivity contribution in [1.82, 2.24) is 5.32 Å². The Hall–Kier alpha value is -2.04. The molecule has 130 valence electrons. The van der Waals surface area contributed by atoms with Crippen LogP contribution in [0.15, 0.2) is 54.6 Å². The minimum Gasteiger partial charge on any atom is -0.497 e. The molecule has 2 aromatic carbocycles. The van der Waals surface area contributed by atoms with Crippen LogP contribution in [0.3, 0.4) is 0 Å². The second-order valence-electron chi connectivity index (χ2n) is 5.52. The van der Waals surface area contributed by atoms with Gasteiger partial charge < -0.3 is 15.8 Å². The molecule has 2 aromatic rings. The van der Waals surface area contributed by atoms with Crippen molar-refractivity contribution in [1.29, 1.82) is 0 Å². The summed E-state index contributed by atoms with van der Waals surface area (Å²) in [5.41, 5.74) is 8.15. The highest BCUT2D eigenvalue weighted by Crippen LogP contribution is 2.21. The molecule has 0 aromatic heterocycles. The van der Waals surface area contributed by atoms with Crippen LogP contribution in [0.4, 0.5) is 0 Å². The number of methoxy groups -OCH3 is 1. The Morgan fingerprint density at radius 2 is 1.71 bits per heavy atom. The molecule has 0 bridgehead atoms. The highest BCUT2D eigenvalue weighted by molar-refractivity contribution is 5.85. The van der Waals surface area contributed by atoms with E-state index in [0.717, 1.165) is 23.3 Å². The third-order valence-electron chi connectivity index (χ3n) is 3.89. The Bertz CT molecular complexity index is 617. The van der Waals surface area contributed by atoms with Crippen molar-refractivity contribution < 1.29 is 9.53 Å². The van der Waals surface area contributed by atoms with Gasteiger partial charge in [-0.1, -0.05) is 49.4 Å². The van der Waals surface area contributed by atoms with Gasteiger partial charge in [-0.3, -0.25) is 4.79 Å². The number of rotatable bonds is 7. The Labute approximate surface area is 149 Å². The van der Waals surface area contributed by atoms with E-state index < -0.39 is 0 Å². The Balaban J connectivity index is 0.00000288. The molecular formula is C19H25ClN2O2. The average Bonchev–Trinajstić information content (AvgIpc) is 2.60. The zero-order valence-corrected chi connectivity index (χ0v) is 14.9. The lowest BCUT2D eigenvalue weighted by atomic mass is 10.0. The number of nitrogens with two attached hydrogens (primary N) is 1. The number of hydrogen-bond acceptors (Lipinski definition) is 3. The molecule has 0 heterocycles. The third kappa shape index (κ3) is 5.55. The summed E-state index contributed by atoms with van der Waals surface area (Å²) in [5, 5.41) is 3.06. The number of benzene rings is 2. The lowest BCUT2D eigenvalue weighted by molar-refractivity contribution is -0.122. The molecule has 0 radical (unpaired) electrons. The van der Waals surface area contributed by atoms with E-state index in [-0.39, 0.29) is 36.8 Å². The molecule has 0 aliphatic rings. The van der Waals surface area contributed by atoms with E-state index >= 15 is 0 Å². The minimum absolute atomic E-state index is 0. The fraction of sp³-hybridized carbons (Fsp3) is 0.316. The van der Waals surface area contributed by atoms with Crippen LogP contribution in [0.2, 0.25) is 0 Å². The zero-order valence-electron chi connectivity index (χ0n) is 14.1. The van der Waals surface area contributed by atoms with Crippen molar-refractivity contribution in [3.05, 3.63) is 65.7 Å². The van der Waals surface area contributed by atoms with Crippen LogP contribution in [0.1, 0.15) is 43.0 Å². The second kappa shape index (κ2) is 9.96. The van der Waals surface area contributed by atoms with Gasteiger partial charge in [0.15, 0.2) is 0 Å². The standard InChI is InChI=1S/C19H24N2O2.ClH/c1-3-18(15-9-11-16(23-2)12-10-15)21-19(22)13-17(20)14-7-5-4-6-8-14;/h4-12,17-18H,3,13,20H2,1-2H3,(H,21,22);1H. The number of carbonyl (C=O) groups is 1. The number of ether oxygens (including phenoxy) is 1. The quantitative estimate of drug-likeness (QED) is 0.800. The van der Waals surface area contributed by atoms with Gasteiger partial charge >= 0.3 is 0 Å². The number of halogens is 1. The highest BCUT2D eigenvalue weighted by atomic mass is 35.5. The first-order valence-electron chi connectivity index (χ1n) is 7.88. The summed E-state index contributed by atoms with van der Waals surface area (Å²) in [6.07, 6.45) is 1.09. The van der Waals surface area contributed by atoms with Gasteiger partial charge in [-0.15, -0.1) is 12.4 Å². The van der Waals surface area contributed by atoms with Gasteiger partial charge in [-0.05, 0) is 29.7 Å². The fourth-order valence-electron chi connectivity index (χ4n) is 2.53. The van der Waals surface area contributed by atoms with Crippen molar-refractivity contribution in [2.24, 2.45) is 5.73 Å². The van der Waals surface area contributed by atoms with Gasteiger partial charge in [0, 0.05) is 12.5 Å². The Morgan fingerprint density at radius 1 is 1.08 bits per heavy atom. The van der Waals surface area contributed by atoms with Crippen LogP contribution >= 0.6 is 12.4 Å². The van der Waals surface area contributed by atoms with Crippen molar-refractivity contribution in [3.8, 4) is 5.75 Å². The van der Waals surface area contributed by atoms with E-state index in [9.17, 15) is 4.79 Å². The number of hydrogen-bond donors (Lipinski definition) is 2. The molecule has 24 heavy (non-hydrogen) atoms. The molecule has 2 rings (SSSR count).